The fraction of sp³-hybridized carbons (Fsp3) is 0.318. The molecule has 144 valence electrons. The highest BCUT2D eigenvalue weighted by atomic mass is 32.2. The first-order chi connectivity index (χ1) is 13.6. The molecule has 1 aliphatic heterocycles. The zero-order valence-corrected chi connectivity index (χ0v) is 17.1. The Morgan fingerprint density at radius 1 is 1.11 bits per heavy atom. The van der Waals surface area contributed by atoms with Gasteiger partial charge < -0.3 is 9.47 Å². The number of thioether (sulfide) groups is 1. The first kappa shape index (κ1) is 18.7. The summed E-state index contributed by atoms with van der Waals surface area (Å²) in [5.74, 6) is 1.35. The molecule has 0 unspecified atom stereocenters. The maximum absolute atomic E-state index is 12.9. The lowest BCUT2D eigenvalue weighted by atomic mass is 10.00. The summed E-state index contributed by atoms with van der Waals surface area (Å²) >= 11 is 1.46. The van der Waals surface area contributed by atoms with Crippen molar-refractivity contribution in [1.82, 2.24) is 14.8 Å². The summed E-state index contributed by atoms with van der Waals surface area (Å²) in [4.78, 5) is 14.9. The molecule has 0 spiro atoms. The normalized spacial score (nSPS) is 13.4. The Balaban J connectivity index is 1.47. The van der Waals surface area contributed by atoms with Crippen molar-refractivity contribution < 1.29 is 4.79 Å². The fourth-order valence-corrected chi connectivity index (χ4v) is 4.46. The van der Waals surface area contributed by atoms with Gasteiger partial charge in [0.1, 0.15) is 5.82 Å². The lowest BCUT2D eigenvalue weighted by Crippen LogP contribution is -2.36. The minimum atomic E-state index is 0.127. The van der Waals surface area contributed by atoms with E-state index in [4.69, 9.17) is 0 Å². The van der Waals surface area contributed by atoms with E-state index in [2.05, 4.69) is 52.0 Å². The molecule has 0 N–H and O–H groups in total. The molecule has 0 radical (unpaired) electrons. The number of carbonyl (C=O) groups is 1. The Kier molecular flexibility index (Phi) is 5.48. The number of nitrogens with zero attached hydrogens (tertiary/aromatic N) is 4. The number of hydrogen-bond donors (Lipinski definition) is 0. The first-order valence-electron chi connectivity index (χ1n) is 9.58. The van der Waals surface area contributed by atoms with Gasteiger partial charge in [-0.25, -0.2) is 0 Å². The minimum absolute atomic E-state index is 0.127. The number of rotatable bonds is 5. The highest BCUT2D eigenvalue weighted by Crippen LogP contribution is 2.29. The summed E-state index contributed by atoms with van der Waals surface area (Å²) in [7, 11) is 0. The number of anilines is 1. The topological polar surface area (TPSA) is 51.0 Å². The van der Waals surface area contributed by atoms with E-state index in [1.807, 2.05) is 30.0 Å². The maximum atomic E-state index is 12.9. The number of aromatic nitrogens is 3. The molecule has 0 bridgehead atoms. The van der Waals surface area contributed by atoms with Gasteiger partial charge in [0.25, 0.3) is 0 Å². The number of aryl methyl sites for hydroxylation is 3. The van der Waals surface area contributed by atoms with Crippen LogP contribution < -0.4 is 4.90 Å². The summed E-state index contributed by atoms with van der Waals surface area (Å²) in [6.07, 6.45) is 2.05. The Morgan fingerprint density at radius 2 is 1.93 bits per heavy atom. The Labute approximate surface area is 169 Å². The van der Waals surface area contributed by atoms with Gasteiger partial charge >= 0.3 is 0 Å². The number of carbonyl (C=O) groups excluding carboxylic acids is 1. The van der Waals surface area contributed by atoms with Gasteiger partial charge in [-0.1, -0.05) is 59.8 Å². The van der Waals surface area contributed by atoms with Crippen LogP contribution in [0.25, 0.3) is 0 Å². The average molecular weight is 393 g/mol. The summed E-state index contributed by atoms with van der Waals surface area (Å²) in [6.45, 7) is 5.54. The third kappa shape index (κ3) is 3.97. The van der Waals surface area contributed by atoms with Crippen molar-refractivity contribution in [2.24, 2.45) is 0 Å². The molecule has 1 aliphatic rings. The van der Waals surface area contributed by atoms with Crippen LogP contribution in [0.1, 0.15) is 28.9 Å². The van der Waals surface area contributed by atoms with E-state index in [1.54, 1.807) is 0 Å². The molecule has 2 aromatic carbocycles. The number of fused-ring (bicyclic) bond motifs is 1. The van der Waals surface area contributed by atoms with Gasteiger partial charge in [0.05, 0.1) is 12.3 Å². The molecule has 0 saturated heterocycles. The van der Waals surface area contributed by atoms with E-state index < -0.39 is 0 Å². The fourth-order valence-electron chi connectivity index (χ4n) is 3.61. The molecule has 4 rings (SSSR count). The van der Waals surface area contributed by atoms with Gasteiger partial charge in [0.15, 0.2) is 5.16 Å². The molecular formula is C22H24N4OS. The Bertz CT molecular complexity index is 983. The molecule has 0 saturated carbocycles. The number of benzene rings is 2. The number of amides is 1. The van der Waals surface area contributed by atoms with E-state index in [-0.39, 0.29) is 5.91 Å². The van der Waals surface area contributed by atoms with E-state index in [1.165, 1.54) is 28.5 Å². The summed E-state index contributed by atoms with van der Waals surface area (Å²) in [5.41, 5.74) is 4.77. The first-order valence-corrected chi connectivity index (χ1v) is 10.6. The van der Waals surface area contributed by atoms with E-state index in [9.17, 15) is 4.79 Å². The third-order valence-electron chi connectivity index (χ3n) is 5.06. The van der Waals surface area contributed by atoms with Crippen molar-refractivity contribution in [3.63, 3.8) is 0 Å². The van der Waals surface area contributed by atoms with Crippen LogP contribution in [0.15, 0.2) is 53.7 Å². The Morgan fingerprint density at radius 3 is 2.75 bits per heavy atom. The highest BCUT2D eigenvalue weighted by Gasteiger charge is 2.23. The highest BCUT2D eigenvalue weighted by molar-refractivity contribution is 7.99. The molecule has 0 atom stereocenters. The van der Waals surface area contributed by atoms with E-state index in [0.717, 1.165) is 36.1 Å². The zero-order chi connectivity index (χ0) is 19.5. The summed E-state index contributed by atoms with van der Waals surface area (Å²) < 4.78 is 2.07. The molecule has 1 amide bonds. The predicted molar refractivity (Wildman–Crippen MR) is 113 cm³/mol. The van der Waals surface area contributed by atoms with Crippen molar-refractivity contribution >= 4 is 23.4 Å². The second-order valence-electron chi connectivity index (χ2n) is 7.17. The van der Waals surface area contributed by atoms with Gasteiger partial charge in [0.2, 0.25) is 5.91 Å². The maximum Gasteiger partial charge on any atom is 0.237 e. The van der Waals surface area contributed by atoms with Crippen molar-refractivity contribution in [2.75, 3.05) is 17.2 Å². The molecule has 0 fully saturated rings. The van der Waals surface area contributed by atoms with Crippen LogP contribution in [0.4, 0.5) is 5.69 Å². The van der Waals surface area contributed by atoms with Crippen LogP contribution in [0.3, 0.4) is 0 Å². The zero-order valence-electron chi connectivity index (χ0n) is 16.3. The average Bonchev–Trinajstić information content (AvgIpc) is 3.05. The smallest absolute Gasteiger partial charge is 0.237 e. The van der Waals surface area contributed by atoms with E-state index in [0.29, 0.717) is 12.3 Å². The van der Waals surface area contributed by atoms with Crippen LogP contribution in [-0.4, -0.2) is 33.0 Å². The van der Waals surface area contributed by atoms with Crippen molar-refractivity contribution in [2.45, 2.75) is 38.4 Å². The summed E-state index contributed by atoms with van der Waals surface area (Å²) in [5, 5.41) is 9.29. The van der Waals surface area contributed by atoms with E-state index >= 15 is 0 Å². The van der Waals surface area contributed by atoms with Crippen LogP contribution in [-0.2, 0) is 17.8 Å². The van der Waals surface area contributed by atoms with Gasteiger partial charge in [-0.2, -0.15) is 0 Å². The predicted octanol–water partition coefficient (Wildman–Crippen LogP) is 4.01. The molecule has 3 aromatic rings. The Hall–Kier alpha value is -2.60. The molecule has 5 nitrogen and oxygen atoms in total. The molecular weight excluding hydrogens is 368 g/mol. The standard InChI is InChI=1S/C22H24N4OS/c1-16-10-11-20-19(13-16)9-6-12-25(20)21(27)15-28-22-24-23-17(2)26(22)14-18-7-4-3-5-8-18/h3-5,7-8,10-11,13H,6,9,12,14-15H2,1-2H3. The SMILES string of the molecule is Cc1ccc2c(c1)CCCN2C(=O)CSc1nnc(C)n1Cc1ccccc1. The summed E-state index contributed by atoms with van der Waals surface area (Å²) in [6, 6.07) is 16.6. The molecule has 0 aliphatic carbocycles. The molecule has 2 heterocycles. The van der Waals surface area contributed by atoms with Gasteiger partial charge in [-0.3, -0.25) is 4.79 Å². The lowest BCUT2D eigenvalue weighted by molar-refractivity contribution is -0.116. The van der Waals surface area contributed by atoms with Crippen LogP contribution >= 0.6 is 11.8 Å². The number of hydrogen-bond acceptors (Lipinski definition) is 4. The largest absolute Gasteiger partial charge is 0.311 e. The molecule has 28 heavy (non-hydrogen) atoms. The van der Waals surface area contributed by atoms with Crippen molar-refractivity contribution in [3.05, 3.63) is 71.0 Å². The molecule has 1 aromatic heterocycles. The monoisotopic (exact) mass is 392 g/mol. The van der Waals surface area contributed by atoms with Gasteiger partial charge in [0, 0.05) is 12.2 Å². The second kappa shape index (κ2) is 8.19. The van der Waals surface area contributed by atoms with Crippen LogP contribution in [0.5, 0.6) is 0 Å². The van der Waals surface area contributed by atoms with Gasteiger partial charge in [-0.15, -0.1) is 10.2 Å². The van der Waals surface area contributed by atoms with Gasteiger partial charge in [-0.05, 0) is 43.9 Å². The minimum Gasteiger partial charge on any atom is -0.311 e. The van der Waals surface area contributed by atoms with Crippen molar-refractivity contribution in [1.29, 1.82) is 0 Å². The second-order valence-corrected chi connectivity index (χ2v) is 8.11. The quantitative estimate of drug-likeness (QED) is 0.616. The van der Waals surface area contributed by atoms with Crippen LogP contribution in [0, 0.1) is 13.8 Å². The molecule has 6 heteroatoms. The van der Waals surface area contributed by atoms with Crippen molar-refractivity contribution in [3.8, 4) is 0 Å². The van der Waals surface area contributed by atoms with Crippen LogP contribution in [0.2, 0.25) is 0 Å². The lowest BCUT2D eigenvalue weighted by Gasteiger charge is -2.29. The third-order valence-corrected chi connectivity index (χ3v) is 6.02.